The van der Waals surface area contributed by atoms with Crippen molar-refractivity contribution < 1.29 is 4.57 Å². The molecule has 0 atom stereocenters. The van der Waals surface area contributed by atoms with E-state index in [4.69, 9.17) is 0 Å². The standard InChI is InChI=1S/C20H21N2/c1-21(2)20-11-10-17(18-6-4-5-7-19(18)20)9-8-16-12-14-22(3)15-13-16/h4-15H,1-3H3/q+1. The van der Waals surface area contributed by atoms with Crippen LogP contribution in [-0.2, 0) is 7.05 Å². The zero-order chi connectivity index (χ0) is 15.5. The minimum Gasteiger partial charge on any atom is -0.377 e. The van der Waals surface area contributed by atoms with Gasteiger partial charge in [-0.05, 0) is 22.6 Å². The first-order chi connectivity index (χ1) is 10.6. The van der Waals surface area contributed by atoms with E-state index in [1.807, 2.05) is 11.6 Å². The van der Waals surface area contributed by atoms with Crippen LogP contribution in [0.25, 0.3) is 22.9 Å². The molecule has 0 radical (unpaired) electrons. The Kier molecular flexibility index (Phi) is 3.92. The summed E-state index contributed by atoms with van der Waals surface area (Å²) in [5.74, 6) is 0. The Hall–Kier alpha value is -2.61. The van der Waals surface area contributed by atoms with Gasteiger partial charge in [0.25, 0.3) is 0 Å². The molecule has 0 unspecified atom stereocenters. The Morgan fingerprint density at radius 3 is 2.18 bits per heavy atom. The highest BCUT2D eigenvalue weighted by atomic mass is 15.1. The third kappa shape index (κ3) is 2.86. The molecule has 0 fully saturated rings. The molecule has 2 nitrogen and oxygen atoms in total. The van der Waals surface area contributed by atoms with Crippen LogP contribution in [-0.4, -0.2) is 14.1 Å². The van der Waals surface area contributed by atoms with E-state index >= 15 is 0 Å². The van der Waals surface area contributed by atoms with Crippen LogP contribution < -0.4 is 9.47 Å². The lowest BCUT2D eigenvalue weighted by atomic mass is 10.0. The highest BCUT2D eigenvalue weighted by Crippen LogP contribution is 2.29. The highest BCUT2D eigenvalue weighted by Gasteiger charge is 2.05. The van der Waals surface area contributed by atoms with E-state index < -0.39 is 0 Å². The van der Waals surface area contributed by atoms with Crippen molar-refractivity contribution in [2.24, 2.45) is 7.05 Å². The van der Waals surface area contributed by atoms with Crippen molar-refractivity contribution in [3.63, 3.8) is 0 Å². The Bertz CT molecular complexity index is 815. The molecule has 2 heteroatoms. The molecule has 0 saturated heterocycles. The Balaban J connectivity index is 2.04. The van der Waals surface area contributed by atoms with Crippen molar-refractivity contribution in [1.29, 1.82) is 0 Å². The van der Waals surface area contributed by atoms with Gasteiger partial charge in [-0.25, -0.2) is 4.57 Å². The fraction of sp³-hybridized carbons (Fsp3) is 0.150. The van der Waals surface area contributed by atoms with Crippen molar-refractivity contribution in [1.82, 2.24) is 0 Å². The summed E-state index contributed by atoms with van der Waals surface area (Å²) in [7, 11) is 6.20. The van der Waals surface area contributed by atoms with Crippen molar-refractivity contribution >= 4 is 28.6 Å². The van der Waals surface area contributed by atoms with Gasteiger partial charge >= 0.3 is 0 Å². The van der Waals surface area contributed by atoms with Gasteiger partial charge in [0.1, 0.15) is 7.05 Å². The summed E-state index contributed by atoms with van der Waals surface area (Å²) in [6.45, 7) is 0. The van der Waals surface area contributed by atoms with Crippen molar-refractivity contribution in [2.75, 3.05) is 19.0 Å². The second kappa shape index (κ2) is 6.02. The minimum atomic E-state index is 1.21. The number of anilines is 1. The molecule has 22 heavy (non-hydrogen) atoms. The van der Waals surface area contributed by atoms with Gasteiger partial charge < -0.3 is 4.90 Å². The van der Waals surface area contributed by atoms with Gasteiger partial charge in [0.2, 0.25) is 0 Å². The number of hydrogen-bond acceptors (Lipinski definition) is 1. The molecule has 0 aliphatic carbocycles. The fourth-order valence-corrected chi connectivity index (χ4v) is 2.65. The van der Waals surface area contributed by atoms with Crippen LogP contribution in [0.5, 0.6) is 0 Å². The zero-order valence-corrected chi connectivity index (χ0v) is 13.3. The summed E-state index contributed by atoms with van der Waals surface area (Å²) < 4.78 is 2.04. The van der Waals surface area contributed by atoms with Gasteiger partial charge in [0, 0.05) is 37.3 Å². The Morgan fingerprint density at radius 2 is 1.50 bits per heavy atom. The highest BCUT2D eigenvalue weighted by molar-refractivity contribution is 6.00. The van der Waals surface area contributed by atoms with Crippen molar-refractivity contribution in [3.05, 3.63) is 72.1 Å². The van der Waals surface area contributed by atoms with E-state index in [1.54, 1.807) is 0 Å². The first-order valence-electron chi connectivity index (χ1n) is 7.47. The zero-order valence-electron chi connectivity index (χ0n) is 13.3. The summed E-state index contributed by atoms with van der Waals surface area (Å²) in [5.41, 5.74) is 3.70. The molecule has 1 heterocycles. The largest absolute Gasteiger partial charge is 0.377 e. The minimum absolute atomic E-state index is 1.21. The molecule has 0 aliphatic rings. The first kappa shape index (κ1) is 14.3. The van der Waals surface area contributed by atoms with Gasteiger partial charge in [0.15, 0.2) is 12.4 Å². The van der Waals surface area contributed by atoms with E-state index in [-0.39, 0.29) is 0 Å². The number of aryl methyl sites for hydroxylation is 1. The summed E-state index contributed by atoms with van der Waals surface area (Å²) in [4.78, 5) is 2.16. The third-order valence-electron chi connectivity index (χ3n) is 3.88. The Morgan fingerprint density at radius 1 is 0.818 bits per heavy atom. The topological polar surface area (TPSA) is 7.12 Å². The lowest BCUT2D eigenvalue weighted by molar-refractivity contribution is -0.671. The van der Waals surface area contributed by atoms with Crippen molar-refractivity contribution in [3.8, 4) is 0 Å². The molecule has 1 aromatic heterocycles. The van der Waals surface area contributed by atoms with Crippen LogP contribution in [0.4, 0.5) is 5.69 Å². The maximum atomic E-state index is 2.19. The van der Waals surface area contributed by atoms with Gasteiger partial charge in [-0.2, -0.15) is 0 Å². The quantitative estimate of drug-likeness (QED) is 0.663. The van der Waals surface area contributed by atoms with E-state index in [9.17, 15) is 0 Å². The van der Waals surface area contributed by atoms with E-state index in [1.165, 1.54) is 27.6 Å². The second-order valence-electron chi connectivity index (χ2n) is 5.74. The smallest absolute Gasteiger partial charge is 0.169 e. The molecule has 3 rings (SSSR count). The lowest BCUT2D eigenvalue weighted by Crippen LogP contribution is -2.25. The molecule has 3 aromatic rings. The molecule has 0 aliphatic heterocycles. The lowest BCUT2D eigenvalue weighted by Gasteiger charge is -2.16. The Labute approximate surface area is 131 Å². The van der Waals surface area contributed by atoms with Crippen molar-refractivity contribution in [2.45, 2.75) is 0 Å². The number of pyridine rings is 1. The summed E-state index contributed by atoms with van der Waals surface area (Å²) in [6.07, 6.45) is 8.48. The second-order valence-corrected chi connectivity index (χ2v) is 5.74. The van der Waals surface area contributed by atoms with E-state index in [0.717, 1.165) is 0 Å². The third-order valence-corrected chi connectivity index (χ3v) is 3.88. The van der Waals surface area contributed by atoms with Crippen LogP contribution in [0.1, 0.15) is 11.1 Å². The monoisotopic (exact) mass is 289 g/mol. The maximum absolute atomic E-state index is 2.19. The van der Waals surface area contributed by atoms with Gasteiger partial charge in [0.05, 0.1) is 0 Å². The number of nitrogens with zero attached hydrogens (tertiary/aromatic N) is 2. The van der Waals surface area contributed by atoms with Gasteiger partial charge in [-0.3, -0.25) is 0 Å². The molecule has 0 spiro atoms. The summed E-state index contributed by atoms with van der Waals surface area (Å²) in [5, 5.41) is 2.57. The first-order valence-corrected chi connectivity index (χ1v) is 7.47. The fourth-order valence-electron chi connectivity index (χ4n) is 2.65. The van der Waals surface area contributed by atoms with Crippen LogP contribution in [0.15, 0.2) is 60.9 Å². The van der Waals surface area contributed by atoms with Crippen LogP contribution in [0.2, 0.25) is 0 Å². The summed E-state index contributed by atoms with van der Waals surface area (Å²) in [6, 6.07) is 17.2. The molecule has 0 N–H and O–H groups in total. The average molecular weight is 289 g/mol. The SMILES string of the molecule is CN(C)c1ccc(/C=C/c2cc[n+](C)cc2)c2ccccc12. The van der Waals surface area contributed by atoms with E-state index in [0.29, 0.717) is 0 Å². The molecule has 2 aromatic carbocycles. The molecular formula is C20H21N2+. The molecule has 0 saturated carbocycles. The predicted molar refractivity (Wildman–Crippen MR) is 94.8 cm³/mol. The van der Waals surface area contributed by atoms with Gasteiger partial charge in [-0.1, -0.05) is 42.5 Å². The number of fused-ring (bicyclic) bond motifs is 1. The number of rotatable bonds is 3. The van der Waals surface area contributed by atoms with Crippen LogP contribution in [0.3, 0.4) is 0 Å². The predicted octanol–water partition coefficient (Wildman–Crippen LogP) is 3.90. The molecular weight excluding hydrogens is 268 g/mol. The molecule has 110 valence electrons. The normalized spacial score (nSPS) is 11.2. The van der Waals surface area contributed by atoms with E-state index in [2.05, 4.69) is 92.1 Å². The average Bonchev–Trinajstić information content (AvgIpc) is 2.53. The van der Waals surface area contributed by atoms with Gasteiger partial charge in [-0.15, -0.1) is 0 Å². The molecule has 0 bridgehead atoms. The molecule has 0 amide bonds. The number of hydrogen-bond donors (Lipinski definition) is 0. The van der Waals surface area contributed by atoms with Crippen LogP contribution in [0, 0.1) is 0 Å². The maximum Gasteiger partial charge on any atom is 0.169 e. The number of aromatic nitrogens is 1. The number of benzene rings is 2. The summed E-state index contributed by atoms with van der Waals surface area (Å²) >= 11 is 0. The van der Waals surface area contributed by atoms with Crippen LogP contribution >= 0.6 is 0 Å².